The zero-order valence-corrected chi connectivity index (χ0v) is 12.9. The standard InChI is InChI=1S/C12H13F3N2O6S/c1-7(11(19)20)17-10(18)6-16-24(21,22)9-4-2-8(3-5-9)23-12(13,14)15/h2-5,7,16H,6H2,1H3,(H,17,18)(H,19,20)/t7-/m1/s1. The molecule has 0 aliphatic heterocycles. The molecule has 8 nitrogen and oxygen atoms in total. The van der Waals surface area contributed by atoms with Crippen LogP contribution < -0.4 is 14.8 Å². The molecule has 0 heterocycles. The number of carbonyl (C=O) groups is 2. The molecular formula is C12H13F3N2O6S. The lowest BCUT2D eigenvalue weighted by Gasteiger charge is -2.11. The maximum Gasteiger partial charge on any atom is 0.573 e. The van der Waals surface area contributed by atoms with Crippen molar-refractivity contribution < 1.29 is 41.0 Å². The SMILES string of the molecule is C[C@@H](NC(=O)CNS(=O)(=O)c1ccc(OC(F)(F)F)cc1)C(=O)O. The number of nitrogens with one attached hydrogen (secondary N) is 2. The summed E-state index contributed by atoms with van der Waals surface area (Å²) in [6.45, 7) is 0.453. The van der Waals surface area contributed by atoms with Crippen molar-refractivity contribution in [2.75, 3.05) is 6.54 Å². The molecule has 1 aromatic carbocycles. The zero-order chi connectivity index (χ0) is 18.5. The van der Waals surface area contributed by atoms with Crippen LogP contribution in [0.15, 0.2) is 29.2 Å². The first-order valence-corrected chi connectivity index (χ1v) is 7.76. The molecule has 1 amide bonds. The normalized spacial score (nSPS) is 13.2. The van der Waals surface area contributed by atoms with Crippen molar-refractivity contribution in [2.45, 2.75) is 24.2 Å². The van der Waals surface area contributed by atoms with Gasteiger partial charge in [0.2, 0.25) is 15.9 Å². The van der Waals surface area contributed by atoms with Crippen LogP contribution in [-0.4, -0.2) is 44.3 Å². The number of alkyl halides is 3. The smallest absolute Gasteiger partial charge is 0.480 e. The summed E-state index contributed by atoms with van der Waals surface area (Å²) in [4.78, 5) is 21.6. The highest BCUT2D eigenvalue weighted by Crippen LogP contribution is 2.23. The average molecular weight is 370 g/mol. The zero-order valence-electron chi connectivity index (χ0n) is 12.1. The van der Waals surface area contributed by atoms with E-state index < -0.39 is 51.5 Å². The monoisotopic (exact) mass is 370 g/mol. The van der Waals surface area contributed by atoms with Crippen LogP contribution in [0.2, 0.25) is 0 Å². The Morgan fingerprint density at radius 1 is 1.25 bits per heavy atom. The molecule has 1 rings (SSSR count). The first-order chi connectivity index (χ1) is 10.9. The number of sulfonamides is 1. The second-order valence-corrected chi connectivity index (χ2v) is 6.24. The molecular weight excluding hydrogens is 357 g/mol. The Balaban J connectivity index is 2.68. The number of halogens is 3. The topological polar surface area (TPSA) is 122 Å². The summed E-state index contributed by atoms with van der Waals surface area (Å²) in [6, 6.07) is 2.12. The minimum Gasteiger partial charge on any atom is -0.480 e. The largest absolute Gasteiger partial charge is 0.573 e. The van der Waals surface area contributed by atoms with Crippen LogP contribution in [0.4, 0.5) is 13.2 Å². The minimum absolute atomic E-state index is 0.392. The Hall–Kier alpha value is -2.34. The van der Waals surface area contributed by atoms with E-state index in [0.717, 1.165) is 24.3 Å². The van der Waals surface area contributed by atoms with E-state index in [0.29, 0.717) is 0 Å². The number of aliphatic carboxylic acids is 1. The van der Waals surface area contributed by atoms with Gasteiger partial charge in [-0.25, -0.2) is 13.1 Å². The van der Waals surface area contributed by atoms with Gasteiger partial charge in [0.1, 0.15) is 11.8 Å². The molecule has 0 saturated carbocycles. The van der Waals surface area contributed by atoms with Gasteiger partial charge in [-0.3, -0.25) is 9.59 Å². The van der Waals surface area contributed by atoms with Gasteiger partial charge in [-0.1, -0.05) is 0 Å². The van der Waals surface area contributed by atoms with E-state index in [9.17, 15) is 31.2 Å². The molecule has 0 spiro atoms. The van der Waals surface area contributed by atoms with Crippen molar-refractivity contribution in [3.63, 3.8) is 0 Å². The van der Waals surface area contributed by atoms with Crippen LogP contribution in [-0.2, 0) is 19.6 Å². The molecule has 1 aromatic rings. The number of hydrogen-bond acceptors (Lipinski definition) is 5. The number of benzene rings is 1. The molecule has 1 atom stereocenters. The van der Waals surface area contributed by atoms with Gasteiger partial charge in [0.15, 0.2) is 0 Å². The fourth-order valence-electron chi connectivity index (χ4n) is 1.42. The Morgan fingerprint density at radius 3 is 2.25 bits per heavy atom. The second kappa shape index (κ2) is 7.49. The van der Waals surface area contributed by atoms with Crippen molar-refractivity contribution in [1.82, 2.24) is 10.0 Å². The van der Waals surface area contributed by atoms with Gasteiger partial charge in [0, 0.05) is 0 Å². The van der Waals surface area contributed by atoms with E-state index in [2.05, 4.69) is 4.74 Å². The summed E-state index contributed by atoms with van der Waals surface area (Å²) in [7, 11) is -4.17. The summed E-state index contributed by atoms with van der Waals surface area (Å²) >= 11 is 0. The molecule has 0 saturated heterocycles. The van der Waals surface area contributed by atoms with Crippen molar-refractivity contribution in [3.05, 3.63) is 24.3 Å². The van der Waals surface area contributed by atoms with Gasteiger partial charge in [-0.05, 0) is 31.2 Å². The highest BCUT2D eigenvalue weighted by atomic mass is 32.2. The molecule has 0 fully saturated rings. The maximum absolute atomic E-state index is 12.0. The lowest BCUT2D eigenvalue weighted by molar-refractivity contribution is -0.274. The van der Waals surface area contributed by atoms with Crippen LogP contribution in [0.1, 0.15) is 6.92 Å². The van der Waals surface area contributed by atoms with E-state index >= 15 is 0 Å². The summed E-state index contributed by atoms with van der Waals surface area (Å²) < 4.78 is 65.3. The average Bonchev–Trinajstić information content (AvgIpc) is 2.44. The molecule has 0 aromatic heterocycles. The predicted octanol–water partition coefficient (Wildman–Crippen LogP) is 0.453. The summed E-state index contributed by atoms with van der Waals surface area (Å²) in [6.07, 6.45) is -4.91. The van der Waals surface area contributed by atoms with Crippen LogP contribution in [0.25, 0.3) is 0 Å². The Labute approximate surface area is 134 Å². The highest BCUT2D eigenvalue weighted by Gasteiger charge is 2.31. The maximum atomic E-state index is 12.0. The van der Waals surface area contributed by atoms with Crippen LogP contribution in [0.3, 0.4) is 0 Å². The Bertz CT molecular complexity index is 702. The fourth-order valence-corrected chi connectivity index (χ4v) is 2.40. The van der Waals surface area contributed by atoms with Crippen LogP contribution in [0.5, 0.6) is 5.75 Å². The highest BCUT2D eigenvalue weighted by molar-refractivity contribution is 7.89. The van der Waals surface area contributed by atoms with E-state index in [1.54, 1.807) is 0 Å². The Morgan fingerprint density at radius 2 is 1.79 bits per heavy atom. The van der Waals surface area contributed by atoms with Crippen molar-refractivity contribution in [3.8, 4) is 5.75 Å². The molecule has 134 valence electrons. The molecule has 12 heteroatoms. The number of carbonyl (C=O) groups excluding carboxylic acids is 1. The van der Waals surface area contributed by atoms with E-state index in [4.69, 9.17) is 5.11 Å². The van der Waals surface area contributed by atoms with Gasteiger partial charge < -0.3 is 15.2 Å². The lowest BCUT2D eigenvalue weighted by atomic mass is 10.3. The van der Waals surface area contributed by atoms with Crippen molar-refractivity contribution >= 4 is 21.9 Å². The summed E-state index contributed by atoms with van der Waals surface area (Å²) in [5, 5.41) is 10.6. The molecule has 0 aliphatic rings. The molecule has 24 heavy (non-hydrogen) atoms. The number of carboxylic acid groups (broad SMARTS) is 1. The first kappa shape index (κ1) is 19.7. The lowest BCUT2D eigenvalue weighted by Crippen LogP contribution is -2.43. The third kappa shape index (κ3) is 6.42. The number of carboxylic acids is 1. The molecule has 3 N–H and O–H groups in total. The molecule has 0 aliphatic carbocycles. The fraction of sp³-hybridized carbons (Fsp3) is 0.333. The first-order valence-electron chi connectivity index (χ1n) is 6.28. The molecule has 0 bridgehead atoms. The van der Waals surface area contributed by atoms with Gasteiger partial charge in [-0.15, -0.1) is 13.2 Å². The van der Waals surface area contributed by atoms with Gasteiger partial charge in [-0.2, -0.15) is 0 Å². The third-order valence-corrected chi connectivity index (χ3v) is 3.96. The van der Waals surface area contributed by atoms with Gasteiger partial charge >= 0.3 is 12.3 Å². The van der Waals surface area contributed by atoms with Crippen LogP contribution >= 0.6 is 0 Å². The Kier molecular flexibility index (Phi) is 6.15. The number of ether oxygens (including phenoxy) is 1. The summed E-state index contributed by atoms with van der Waals surface area (Å²) in [5.41, 5.74) is 0. The number of hydrogen-bond donors (Lipinski definition) is 3. The second-order valence-electron chi connectivity index (χ2n) is 4.47. The minimum atomic E-state index is -4.91. The number of rotatable bonds is 7. The van der Waals surface area contributed by atoms with Gasteiger partial charge in [0.25, 0.3) is 0 Å². The molecule has 0 unspecified atom stereocenters. The van der Waals surface area contributed by atoms with E-state index in [-0.39, 0.29) is 0 Å². The number of amides is 1. The van der Waals surface area contributed by atoms with E-state index in [1.807, 2.05) is 10.0 Å². The van der Waals surface area contributed by atoms with Crippen LogP contribution in [0, 0.1) is 0 Å². The van der Waals surface area contributed by atoms with Gasteiger partial charge in [0.05, 0.1) is 11.4 Å². The van der Waals surface area contributed by atoms with Crippen molar-refractivity contribution in [2.24, 2.45) is 0 Å². The third-order valence-electron chi connectivity index (χ3n) is 2.54. The predicted molar refractivity (Wildman–Crippen MR) is 73.6 cm³/mol. The van der Waals surface area contributed by atoms with Crippen molar-refractivity contribution in [1.29, 1.82) is 0 Å². The molecule has 0 radical (unpaired) electrons. The quantitative estimate of drug-likeness (QED) is 0.641. The van der Waals surface area contributed by atoms with E-state index in [1.165, 1.54) is 6.92 Å². The summed E-state index contributed by atoms with van der Waals surface area (Å²) in [5.74, 6) is -2.79.